The standard InChI is InChI=1S/C52H34N2O/c1-3-11-35(12-4-1)36-19-25-41(26-20-36)53(43-29-32-50-48(34-43)45-15-7-9-17-49(45)54(50)40-13-5-2-6-14-40)42-27-21-37(22-28-42)38-23-30-44-39(33-38)24-31-47-46-16-8-10-18-51(46)55-52(44)47/h1-34H. The van der Waals surface area contributed by atoms with E-state index >= 15 is 0 Å². The summed E-state index contributed by atoms with van der Waals surface area (Å²) in [6, 6.07) is 74.0. The van der Waals surface area contributed by atoms with Crippen LogP contribution in [-0.2, 0) is 0 Å². The lowest BCUT2D eigenvalue weighted by atomic mass is 9.99. The molecule has 0 aliphatic heterocycles. The molecule has 0 amide bonds. The molecule has 11 aromatic rings. The van der Waals surface area contributed by atoms with Crippen LogP contribution in [0.1, 0.15) is 0 Å². The van der Waals surface area contributed by atoms with Crippen molar-refractivity contribution in [3.8, 4) is 27.9 Å². The van der Waals surface area contributed by atoms with E-state index in [9.17, 15) is 0 Å². The van der Waals surface area contributed by atoms with Gasteiger partial charge in [0, 0.05) is 49.7 Å². The summed E-state index contributed by atoms with van der Waals surface area (Å²) in [5.74, 6) is 0. The molecule has 0 unspecified atom stereocenters. The number of hydrogen-bond acceptors (Lipinski definition) is 2. The maximum atomic E-state index is 6.34. The van der Waals surface area contributed by atoms with Crippen molar-refractivity contribution in [2.45, 2.75) is 0 Å². The molecular formula is C52H34N2O. The number of hydrogen-bond donors (Lipinski definition) is 0. The van der Waals surface area contributed by atoms with E-state index in [0.29, 0.717) is 0 Å². The van der Waals surface area contributed by atoms with E-state index in [1.54, 1.807) is 0 Å². The van der Waals surface area contributed by atoms with Gasteiger partial charge in [-0.15, -0.1) is 0 Å². The van der Waals surface area contributed by atoms with Crippen molar-refractivity contribution in [2.24, 2.45) is 0 Å². The minimum absolute atomic E-state index is 0.921. The van der Waals surface area contributed by atoms with Gasteiger partial charge >= 0.3 is 0 Å². The minimum atomic E-state index is 0.921. The highest BCUT2D eigenvalue weighted by atomic mass is 16.3. The second-order valence-corrected chi connectivity index (χ2v) is 14.2. The van der Waals surface area contributed by atoms with Gasteiger partial charge in [0.05, 0.1) is 11.0 Å². The van der Waals surface area contributed by atoms with Crippen LogP contribution in [0.3, 0.4) is 0 Å². The van der Waals surface area contributed by atoms with Crippen LogP contribution in [0.2, 0.25) is 0 Å². The highest BCUT2D eigenvalue weighted by Crippen LogP contribution is 2.41. The Kier molecular flexibility index (Phi) is 7.17. The monoisotopic (exact) mass is 702 g/mol. The fraction of sp³-hybridized carbons (Fsp3) is 0. The van der Waals surface area contributed by atoms with Crippen molar-refractivity contribution in [2.75, 3.05) is 4.90 Å². The number of anilines is 3. The first-order valence-corrected chi connectivity index (χ1v) is 18.8. The molecule has 0 saturated heterocycles. The van der Waals surface area contributed by atoms with Crippen LogP contribution in [-0.4, -0.2) is 4.57 Å². The quantitative estimate of drug-likeness (QED) is 0.172. The molecule has 0 aliphatic carbocycles. The third kappa shape index (κ3) is 5.20. The molecule has 9 aromatic carbocycles. The maximum Gasteiger partial charge on any atom is 0.143 e. The average Bonchev–Trinajstić information content (AvgIpc) is 3.81. The van der Waals surface area contributed by atoms with Gasteiger partial charge in [0.1, 0.15) is 11.2 Å². The molecule has 0 fully saturated rings. The third-order valence-corrected chi connectivity index (χ3v) is 11.0. The molecule has 3 heteroatoms. The van der Waals surface area contributed by atoms with Crippen LogP contribution in [0.15, 0.2) is 211 Å². The van der Waals surface area contributed by atoms with Gasteiger partial charge in [-0.1, -0.05) is 121 Å². The molecule has 0 aliphatic rings. The van der Waals surface area contributed by atoms with E-state index in [-0.39, 0.29) is 0 Å². The van der Waals surface area contributed by atoms with Gasteiger partial charge in [-0.3, -0.25) is 0 Å². The lowest BCUT2D eigenvalue weighted by molar-refractivity contribution is 0.672. The van der Waals surface area contributed by atoms with E-state index in [1.165, 1.54) is 38.5 Å². The van der Waals surface area contributed by atoms with Crippen molar-refractivity contribution in [3.63, 3.8) is 0 Å². The fourth-order valence-electron chi connectivity index (χ4n) is 8.33. The van der Waals surface area contributed by atoms with Crippen molar-refractivity contribution in [1.29, 1.82) is 0 Å². The summed E-state index contributed by atoms with van der Waals surface area (Å²) < 4.78 is 8.70. The van der Waals surface area contributed by atoms with Gasteiger partial charge < -0.3 is 13.9 Å². The van der Waals surface area contributed by atoms with Gasteiger partial charge in [0.15, 0.2) is 0 Å². The number of para-hydroxylation sites is 3. The Labute approximate surface area is 318 Å². The maximum absolute atomic E-state index is 6.34. The molecule has 0 spiro atoms. The van der Waals surface area contributed by atoms with E-state index in [1.807, 2.05) is 12.1 Å². The summed E-state index contributed by atoms with van der Waals surface area (Å²) >= 11 is 0. The van der Waals surface area contributed by atoms with E-state index in [2.05, 4.69) is 204 Å². The van der Waals surface area contributed by atoms with Crippen molar-refractivity contribution in [1.82, 2.24) is 4.57 Å². The Morgan fingerprint density at radius 2 is 0.909 bits per heavy atom. The Hall–Kier alpha value is -7.36. The van der Waals surface area contributed by atoms with Crippen molar-refractivity contribution in [3.05, 3.63) is 206 Å². The number of rotatable bonds is 6. The fourth-order valence-corrected chi connectivity index (χ4v) is 8.33. The Bertz CT molecular complexity index is 3180. The summed E-state index contributed by atoms with van der Waals surface area (Å²) in [7, 11) is 0. The molecule has 258 valence electrons. The number of aromatic nitrogens is 1. The molecule has 0 bridgehead atoms. The first kappa shape index (κ1) is 31.2. The van der Waals surface area contributed by atoms with Gasteiger partial charge in [-0.2, -0.15) is 0 Å². The minimum Gasteiger partial charge on any atom is -0.455 e. The topological polar surface area (TPSA) is 21.3 Å². The smallest absolute Gasteiger partial charge is 0.143 e. The van der Waals surface area contributed by atoms with Crippen LogP contribution in [0, 0.1) is 0 Å². The SMILES string of the molecule is c1ccc(-c2ccc(N(c3ccc(-c4ccc5c(ccc6c7ccccc7oc56)c4)cc3)c3ccc4c(c3)c3ccccc3n4-c3ccccc3)cc2)cc1. The van der Waals surface area contributed by atoms with Gasteiger partial charge in [0.25, 0.3) is 0 Å². The van der Waals surface area contributed by atoms with Crippen LogP contribution >= 0.6 is 0 Å². The van der Waals surface area contributed by atoms with Gasteiger partial charge in [-0.25, -0.2) is 0 Å². The molecule has 0 radical (unpaired) electrons. The number of nitrogens with zero attached hydrogens (tertiary/aromatic N) is 2. The largest absolute Gasteiger partial charge is 0.455 e. The lowest BCUT2D eigenvalue weighted by Gasteiger charge is -2.26. The second-order valence-electron chi connectivity index (χ2n) is 14.2. The zero-order valence-electron chi connectivity index (χ0n) is 29.9. The van der Waals surface area contributed by atoms with Gasteiger partial charge in [-0.05, 0) is 113 Å². The second kappa shape index (κ2) is 12.6. The predicted octanol–water partition coefficient (Wildman–Crippen LogP) is 14.6. The van der Waals surface area contributed by atoms with Crippen molar-refractivity contribution >= 4 is 71.6 Å². The Morgan fingerprint density at radius 1 is 0.345 bits per heavy atom. The zero-order valence-corrected chi connectivity index (χ0v) is 29.9. The first-order valence-electron chi connectivity index (χ1n) is 18.8. The molecule has 0 atom stereocenters. The molecular weight excluding hydrogens is 669 g/mol. The van der Waals surface area contributed by atoms with E-state index in [4.69, 9.17) is 4.42 Å². The first-order chi connectivity index (χ1) is 27.3. The summed E-state index contributed by atoms with van der Waals surface area (Å²) in [6.07, 6.45) is 0. The Morgan fingerprint density at radius 3 is 1.67 bits per heavy atom. The number of benzene rings is 9. The number of fused-ring (bicyclic) bond motifs is 8. The average molecular weight is 703 g/mol. The molecule has 0 N–H and O–H groups in total. The van der Waals surface area contributed by atoms with Crippen LogP contribution in [0.4, 0.5) is 17.1 Å². The van der Waals surface area contributed by atoms with Crippen LogP contribution < -0.4 is 4.90 Å². The summed E-state index contributed by atoms with van der Waals surface area (Å²) in [4.78, 5) is 2.37. The highest BCUT2D eigenvalue weighted by molar-refractivity contribution is 6.15. The molecule has 3 nitrogen and oxygen atoms in total. The van der Waals surface area contributed by atoms with Crippen LogP contribution in [0.25, 0.3) is 82.5 Å². The molecule has 0 saturated carbocycles. The van der Waals surface area contributed by atoms with Crippen LogP contribution in [0.5, 0.6) is 0 Å². The molecule has 2 heterocycles. The summed E-state index contributed by atoms with van der Waals surface area (Å²) in [5.41, 5.74) is 13.4. The number of furan rings is 1. The van der Waals surface area contributed by atoms with Gasteiger partial charge in [0.2, 0.25) is 0 Å². The van der Waals surface area contributed by atoms with E-state index < -0.39 is 0 Å². The third-order valence-electron chi connectivity index (χ3n) is 11.0. The lowest BCUT2D eigenvalue weighted by Crippen LogP contribution is -2.10. The predicted molar refractivity (Wildman–Crippen MR) is 231 cm³/mol. The Balaban J connectivity index is 1.02. The molecule has 55 heavy (non-hydrogen) atoms. The van der Waals surface area contributed by atoms with E-state index in [0.717, 1.165) is 61.0 Å². The molecule has 2 aromatic heterocycles. The van der Waals surface area contributed by atoms with Crippen molar-refractivity contribution < 1.29 is 4.42 Å². The zero-order chi connectivity index (χ0) is 36.3. The molecule has 11 rings (SSSR count). The summed E-state index contributed by atoms with van der Waals surface area (Å²) in [5, 5.41) is 7.04. The normalized spacial score (nSPS) is 11.6. The highest BCUT2D eigenvalue weighted by Gasteiger charge is 2.18. The summed E-state index contributed by atoms with van der Waals surface area (Å²) in [6.45, 7) is 0.